The van der Waals surface area contributed by atoms with Crippen LogP contribution >= 0.6 is 0 Å². The standard InChI is InChI=1S/C32H41N9O6/c1-19(2)26-30(46)35-20(3)27(43)37-23(16-21-10-6-5-7-11-21)31(47)40(4)18-25(42)33-13-8-12-22(28(44)39-26)36-29(45)24-17-41-15-9-14-34-32(41)38-24/h5-7,9-11,14-15,17,19-20,22-23,26H,8,12-13,16,18H2,1-4H3,(H,33,42)(H,35,46)(H,36,45)(H,37,43)(H,39,44)/t20-,22+,23+,26-/m1/s1. The zero-order valence-corrected chi connectivity index (χ0v) is 26.9. The van der Waals surface area contributed by atoms with Gasteiger partial charge in [-0.2, -0.15) is 0 Å². The van der Waals surface area contributed by atoms with Crippen molar-refractivity contribution in [2.75, 3.05) is 20.1 Å². The molecule has 15 nitrogen and oxygen atoms in total. The predicted octanol–water partition coefficient (Wildman–Crippen LogP) is -0.431. The highest BCUT2D eigenvalue weighted by molar-refractivity contribution is 5.98. The number of aromatic nitrogens is 3. The fourth-order valence-electron chi connectivity index (χ4n) is 5.09. The van der Waals surface area contributed by atoms with Crippen LogP contribution in [0.2, 0.25) is 0 Å². The van der Waals surface area contributed by atoms with Crippen LogP contribution in [0.3, 0.4) is 0 Å². The zero-order valence-electron chi connectivity index (χ0n) is 26.9. The summed E-state index contributed by atoms with van der Waals surface area (Å²) < 4.78 is 1.57. The molecule has 1 aliphatic rings. The lowest BCUT2D eigenvalue weighted by Gasteiger charge is -2.28. The highest BCUT2D eigenvalue weighted by atomic mass is 16.2. The summed E-state index contributed by atoms with van der Waals surface area (Å²) in [5, 5.41) is 13.5. The second-order valence-corrected chi connectivity index (χ2v) is 11.9. The van der Waals surface area contributed by atoms with Crippen molar-refractivity contribution >= 4 is 41.2 Å². The molecule has 1 fully saturated rings. The van der Waals surface area contributed by atoms with Gasteiger partial charge in [0.05, 0.1) is 6.54 Å². The van der Waals surface area contributed by atoms with Crippen molar-refractivity contribution in [2.45, 2.75) is 64.2 Å². The van der Waals surface area contributed by atoms with Crippen molar-refractivity contribution in [1.82, 2.24) is 45.9 Å². The van der Waals surface area contributed by atoms with E-state index in [4.69, 9.17) is 0 Å². The van der Waals surface area contributed by atoms with Crippen LogP contribution in [0.25, 0.3) is 5.78 Å². The van der Waals surface area contributed by atoms with Crippen molar-refractivity contribution in [3.8, 4) is 0 Å². The molecular formula is C32H41N9O6. The van der Waals surface area contributed by atoms with Gasteiger partial charge in [0.2, 0.25) is 35.3 Å². The van der Waals surface area contributed by atoms with E-state index in [1.807, 2.05) is 30.3 Å². The second-order valence-electron chi connectivity index (χ2n) is 11.9. The van der Waals surface area contributed by atoms with Gasteiger partial charge in [-0.3, -0.25) is 33.2 Å². The molecule has 15 heteroatoms. The molecule has 1 saturated heterocycles. The SMILES string of the molecule is CC(C)[C@H]1NC(=O)[C@@H](NC(=O)c2cn3cccnc3n2)CCCNC(=O)CN(C)C(=O)[C@H](Cc2ccccc2)NC(=O)[C@@H](C)NC1=O. The van der Waals surface area contributed by atoms with Crippen LogP contribution < -0.4 is 26.6 Å². The largest absolute Gasteiger partial charge is 0.355 e. The van der Waals surface area contributed by atoms with E-state index in [9.17, 15) is 28.8 Å². The molecule has 0 aliphatic carbocycles. The number of hydrogen-bond donors (Lipinski definition) is 5. The van der Waals surface area contributed by atoms with Gasteiger partial charge < -0.3 is 31.5 Å². The number of rotatable bonds is 5. The number of amides is 6. The maximum Gasteiger partial charge on any atom is 0.272 e. The Kier molecular flexibility index (Phi) is 11.6. The fraction of sp³-hybridized carbons (Fsp3) is 0.438. The Hall–Kier alpha value is -5.34. The molecule has 3 heterocycles. The van der Waals surface area contributed by atoms with Gasteiger partial charge in [0, 0.05) is 38.6 Å². The predicted molar refractivity (Wildman–Crippen MR) is 171 cm³/mol. The first-order chi connectivity index (χ1) is 22.4. The Morgan fingerprint density at radius 1 is 1.00 bits per heavy atom. The average molecular weight is 648 g/mol. The summed E-state index contributed by atoms with van der Waals surface area (Å²) in [4.78, 5) is 89.1. The molecule has 6 amide bonds. The van der Waals surface area contributed by atoms with Crippen LogP contribution in [-0.2, 0) is 30.4 Å². The minimum Gasteiger partial charge on any atom is -0.355 e. The van der Waals surface area contributed by atoms with Crippen molar-refractivity contribution < 1.29 is 28.8 Å². The van der Waals surface area contributed by atoms with Crippen LogP contribution in [0.5, 0.6) is 0 Å². The van der Waals surface area contributed by atoms with Gasteiger partial charge in [-0.1, -0.05) is 44.2 Å². The first kappa shape index (κ1) is 34.5. The Morgan fingerprint density at radius 2 is 1.74 bits per heavy atom. The van der Waals surface area contributed by atoms with Gasteiger partial charge >= 0.3 is 0 Å². The van der Waals surface area contributed by atoms with Gasteiger partial charge in [0.25, 0.3) is 5.91 Å². The van der Waals surface area contributed by atoms with Crippen LogP contribution in [0.1, 0.15) is 49.7 Å². The normalized spacial score (nSPS) is 22.5. The first-order valence-electron chi connectivity index (χ1n) is 15.5. The van der Waals surface area contributed by atoms with E-state index in [2.05, 4.69) is 36.6 Å². The first-order valence-corrected chi connectivity index (χ1v) is 15.5. The van der Waals surface area contributed by atoms with E-state index in [0.717, 1.165) is 5.56 Å². The number of carbonyl (C=O) groups excluding carboxylic acids is 6. The molecule has 250 valence electrons. The minimum absolute atomic E-state index is 0.0422. The van der Waals surface area contributed by atoms with E-state index in [1.54, 1.807) is 30.5 Å². The molecule has 4 atom stereocenters. The molecule has 2 aromatic heterocycles. The van der Waals surface area contributed by atoms with Crippen molar-refractivity contribution in [1.29, 1.82) is 0 Å². The number of hydrogen-bond acceptors (Lipinski definition) is 8. The molecule has 5 N–H and O–H groups in total. The van der Waals surface area contributed by atoms with Gasteiger partial charge in [0.1, 0.15) is 29.9 Å². The average Bonchev–Trinajstić information content (AvgIpc) is 3.48. The van der Waals surface area contributed by atoms with E-state index in [0.29, 0.717) is 5.78 Å². The molecule has 0 spiro atoms. The number of imidazole rings is 1. The number of carbonyl (C=O) groups is 6. The molecule has 3 aromatic rings. The molecular weight excluding hydrogens is 606 g/mol. The topological polar surface area (TPSA) is 196 Å². The summed E-state index contributed by atoms with van der Waals surface area (Å²) in [7, 11) is 1.47. The van der Waals surface area contributed by atoms with Gasteiger partial charge in [-0.25, -0.2) is 9.97 Å². The summed E-state index contributed by atoms with van der Waals surface area (Å²) in [5.41, 5.74) is 0.838. The van der Waals surface area contributed by atoms with Crippen LogP contribution in [0.15, 0.2) is 55.0 Å². The summed E-state index contributed by atoms with van der Waals surface area (Å²) in [6.45, 7) is 4.81. The highest BCUT2D eigenvalue weighted by Crippen LogP contribution is 2.10. The lowest BCUT2D eigenvalue weighted by Crippen LogP contribution is -2.59. The molecule has 0 unspecified atom stereocenters. The minimum atomic E-state index is -1.09. The monoisotopic (exact) mass is 647 g/mol. The van der Waals surface area contributed by atoms with Crippen molar-refractivity contribution in [3.05, 3.63) is 66.2 Å². The Morgan fingerprint density at radius 3 is 2.45 bits per heavy atom. The van der Waals surface area contributed by atoms with Crippen LogP contribution in [-0.4, -0.2) is 99.0 Å². The van der Waals surface area contributed by atoms with Gasteiger partial charge in [-0.15, -0.1) is 0 Å². The quantitative estimate of drug-likeness (QED) is 0.246. The molecule has 0 radical (unpaired) electrons. The summed E-state index contributed by atoms with van der Waals surface area (Å²) in [6.07, 6.45) is 5.27. The number of likely N-dealkylation sites (N-methyl/N-ethyl adjacent to an activating group) is 1. The van der Waals surface area contributed by atoms with Crippen molar-refractivity contribution in [3.63, 3.8) is 0 Å². The lowest BCUT2D eigenvalue weighted by atomic mass is 10.0. The van der Waals surface area contributed by atoms with Crippen LogP contribution in [0, 0.1) is 5.92 Å². The molecule has 1 aromatic carbocycles. The number of nitrogens with zero attached hydrogens (tertiary/aromatic N) is 4. The van der Waals surface area contributed by atoms with Gasteiger partial charge in [-0.05, 0) is 37.3 Å². The highest BCUT2D eigenvalue weighted by Gasteiger charge is 2.32. The Bertz CT molecular complexity index is 1580. The van der Waals surface area contributed by atoms with E-state index < -0.39 is 59.6 Å². The van der Waals surface area contributed by atoms with Crippen LogP contribution in [0.4, 0.5) is 0 Å². The lowest BCUT2D eigenvalue weighted by molar-refractivity contribution is -0.139. The smallest absolute Gasteiger partial charge is 0.272 e. The Labute approximate surface area is 272 Å². The molecule has 1 aliphatic heterocycles. The summed E-state index contributed by atoms with van der Waals surface area (Å²) in [5.74, 6) is -3.46. The van der Waals surface area contributed by atoms with E-state index in [1.165, 1.54) is 31.3 Å². The number of nitrogens with one attached hydrogen (secondary N) is 5. The van der Waals surface area contributed by atoms with E-state index in [-0.39, 0.29) is 44.0 Å². The maximum absolute atomic E-state index is 13.6. The number of fused-ring (bicyclic) bond motifs is 1. The third-order valence-electron chi connectivity index (χ3n) is 7.73. The van der Waals surface area contributed by atoms with Gasteiger partial charge in [0.15, 0.2) is 0 Å². The maximum atomic E-state index is 13.6. The molecule has 0 saturated carbocycles. The third kappa shape index (κ3) is 9.34. The second kappa shape index (κ2) is 15.8. The fourth-order valence-corrected chi connectivity index (χ4v) is 5.09. The summed E-state index contributed by atoms with van der Waals surface area (Å²) in [6, 6.07) is 6.57. The van der Waals surface area contributed by atoms with E-state index >= 15 is 0 Å². The molecule has 0 bridgehead atoms. The molecule has 47 heavy (non-hydrogen) atoms. The van der Waals surface area contributed by atoms with Crippen molar-refractivity contribution in [2.24, 2.45) is 5.92 Å². The third-order valence-corrected chi connectivity index (χ3v) is 7.73. The Balaban J connectivity index is 1.55. The number of benzene rings is 1. The molecule has 4 rings (SSSR count). The summed E-state index contributed by atoms with van der Waals surface area (Å²) >= 11 is 0. The zero-order chi connectivity index (χ0) is 34.1.